The first-order valence-electron chi connectivity index (χ1n) is 9.79. The summed E-state index contributed by atoms with van der Waals surface area (Å²) in [5.74, 6) is 1.01. The van der Waals surface area contributed by atoms with Crippen molar-refractivity contribution in [1.82, 2.24) is 4.90 Å². The fraction of sp³-hybridized carbons (Fsp3) is 0.667. The zero-order chi connectivity index (χ0) is 18.9. The molecule has 0 saturated carbocycles. The molecule has 0 atom stereocenters. The van der Waals surface area contributed by atoms with Crippen LogP contribution in [-0.2, 0) is 24.0 Å². The van der Waals surface area contributed by atoms with Crippen LogP contribution in [0.3, 0.4) is 0 Å². The summed E-state index contributed by atoms with van der Waals surface area (Å²) in [7, 11) is 2.15. The lowest BCUT2D eigenvalue weighted by molar-refractivity contribution is 0.0258. The number of amides is 1. The molecular weight excluding hydrogens is 328 g/mol. The highest BCUT2D eigenvalue weighted by Crippen LogP contribution is 2.40. The molecular formula is C21H32N2O3. The standard InChI is InChI=1S/C21H32N2O3/c1-6-7-17-16-9-11-23(20(24)26-21(2,3)4)10-8-15(16)14-18-19(17)22(5)12-13-25-18/h14H,6-13H2,1-5H3. The number of rotatable bonds is 2. The van der Waals surface area contributed by atoms with E-state index in [1.165, 1.54) is 22.4 Å². The number of fused-ring (bicyclic) bond motifs is 2. The van der Waals surface area contributed by atoms with Crippen LogP contribution in [0.2, 0.25) is 0 Å². The lowest BCUT2D eigenvalue weighted by atomic mass is 9.91. The zero-order valence-electron chi connectivity index (χ0n) is 16.9. The smallest absolute Gasteiger partial charge is 0.410 e. The van der Waals surface area contributed by atoms with E-state index >= 15 is 0 Å². The van der Waals surface area contributed by atoms with Gasteiger partial charge in [0.2, 0.25) is 0 Å². The number of anilines is 1. The Morgan fingerprint density at radius 2 is 1.96 bits per heavy atom. The summed E-state index contributed by atoms with van der Waals surface area (Å²) in [6, 6.07) is 2.21. The van der Waals surface area contributed by atoms with Crippen molar-refractivity contribution in [3.8, 4) is 5.75 Å². The lowest BCUT2D eigenvalue weighted by Gasteiger charge is -2.32. The van der Waals surface area contributed by atoms with Crippen LogP contribution in [-0.4, -0.2) is 49.9 Å². The van der Waals surface area contributed by atoms with Crippen molar-refractivity contribution in [2.45, 2.75) is 59.0 Å². The Morgan fingerprint density at radius 3 is 2.65 bits per heavy atom. The van der Waals surface area contributed by atoms with Gasteiger partial charge in [-0.15, -0.1) is 0 Å². The van der Waals surface area contributed by atoms with Crippen LogP contribution in [0.5, 0.6) is 5.75 Å². The van der Waals surface area contributed by atoms with Crippen molar-refractivity contribution in [3.05, 3.63) is 22.8 Å². The van der Waals surface area contributed by atoms with Crippen LogP contribution in [0.4, 0.5) is 10.5 Å². The quantitative estimate of drug-likeness (QED) is 0.804. The van der Waals surface area contributed by atoms with Gasteiger partial charge in [-0.1, -0.05) is 13.3 Å². The van der Waals surface area contributed by atoms with Crippen LogP contribution >= 0.6 is 0 Å². The van der Waals surface area contributed by atoms with Gasteiger partial charge in [-0.3, -0.25) is 0 Å². The second kappa shape index (κ2) is 7.37. The Bertz CT molecular complexity index is 679. The third-order valence-corrected chi connectivity index (χ3v) is 5.08. The van der Waals surface area contributed by atoms with Crippen molar-refractivity contribution >= 4 is 11.8 Å². The van der Waals surface area contributed by atoms with Crippen LogP contribution in [0.25, 0.3) is 0 Å². The first kappa shape index (κ1) is 18.9. The molecule has 3 rings (SSSR count). The molecule has 2 heterocycles. The van der Waals surface area contributed by atoms with Gasteiger partial charge < -0.3 is 19.3 Å². The molecule has 0 aromatic heterocycles. The van der Waals surface area contributed by atoms with Gasteiger partial charge in [0, 0.05) is 20.1 Å². The highest BCUT2D eigenvalue weighted by Gasteiger charge is 2.28. The molecule has 0 spiro atoms. The molecule has 0 saturated heterocycles. The average molecular weight is 360 g/mol. The number of likely N-dealkylation sites (N-methyl/N-ethyl adjacent to an activating group) is 1. The number of carbonyl (C=O) groups excluding carboxylic acids is 1. The van der Waals surface area contributed by atoms with E-state index in [-0.39, 0.29) is 6.09 Å². The SMILES string of the molecule is CCCc1c2c(cc3c1N(C)CCO3)CCN(C(=O)OC(C)(C)C)CC2. The van der Waals surface area contributed by atoms with Gasteiger partial charge in [-0.05, 0) is 62.8 Å². The summed E-state index contributed by atoms with van der Waals surface area (Å²) < 4.78 is 11.6. The Morgan fingerprint density at radius 1 is 1.23 bits per heavy atom. The van der Waals surface area contributed by atoms with Gasteiger partial charge in [-0.2, -0.15) is 0 Å². The van der Waals surface area contributed by atoms with Crippen LogP contribution < -0.4 is 9.64 Å². The normalized spacial score (nSPS) is 17.1. The first-order valence-corrected chi connectivity index (χ1v) is 9.79. The first-order chi connectivity index (χ1) is 12.3. The highest BCUT2D eigenvalue weighted by molar-refractivity contribution is 5.71. The predicted molar refractivity (Wildman–Crippen MR) is 104 cm³/mol. The number of carbonyl (C=O) groups is 1. The van der Waals surface area contributed by atoms with Gasteiger partial charge in [0.15, 0.2) is 0 Å². The molecule has 1 aromatic rings. The highest BCUT2D eigenvalue weighted by atomic mass is 16.6. The average Bonchev–Trinajstić information content (AvgIpc) is 2.76. The molecule has 144 valence electrons. The second-order valence-electron chi connectivity index (χ2n) is 8.33. The largest absolute Gasteiger partial charge is 0.490 e. The maximum atomic E-state index is 12.5. The maximum Gasteiger partial charge on any atom is 0.410 e. The van der Waals surface area contributed by atoms with E-state index < -0.39 is 5.60 Å². The van der Waals surface area contributed by atoms with E-state index in [1.807, 2.05) is 25.7 Å². The monoisotopic (exact) mass is 360 g/mol. The van der Waals surface area contributed by atoms with Gasteiger partial charge in [0.1, 0.15) is 18.0 Å². The zero-order valence-corrected chi connectivity index (χ0v) is 16.9. The summed E-state index contributed by atoms with van der Waals surface area (Å²) in [6.45, 7) is 11.0. The van der Waals surface area contributed by atoms with E-state index in [1.54, 1.807) is 0 Å². The van der Waals surface area contributed by atoms with E-state index in [4.69, 9.17) is 9.47 Å². The Balaban J connectivity index is 1.90. The minimum absolute atomic E-state index is 0.208. The molecule has 5 heteroatoms. The maximum absolute atomic E-state index is 12.5. The van der Waals surface area contributed by atoms with E-state index in [0.717, 1.165) is 44.6 Å². The molecule has 0 aliphatic carbocycles. The molecule has 0 N–H and O–H groups in total. The van der Waals surface area contributed by atoms with Crippen molar-refractivity contribution < 1.29 is 14.3 Å². The van der Waals surface area contributed by atoms with E-state index in [2.05, 4.69) is 24.9 Å². The number of nitrogens with zero attached hydrogens (tertiary/aromatic N) is 2. The van der Waals surface area contributed by atoms with Gasteiger partial charge in [-0.25, -0.2) is 4.79 Å². The summed E-state index contributed by atoms with van der Waals surface area (Å²) in [4.78, 5) is 16.7. The van der Waals surface area contributed by atoms with E-state index in [9.17, 15) is 4.79 Å². The molecule has 2 aliphatic heterocycles. The Kier molecular flexibility index (Phi) is 5.35. The fourth-order valence-corrected chi connectivity index (χ4v) is 3.91. The summed E-state index contributed by atoms with van der Waals surface area (Å²) >= 11 is 0. The third kappa shape index (κ3) is 3.92. The Labute approximate surface area is 157 Å². The minimum atomic E-state index is -0.459. The van der Waals surface area contributed by atoms with Crippen molar-refractivity contribution in [2.24, 2.45) is 0 Å². The second-order valence-corrected chi connectivity index (χ2v) is 8.33. The molecule has 5 nitrogen and oxygen atoms in total. The lowest BCUT2D eigenvalue weighted by Crippen LogP contribution is -2.38. The molecule has 1 aromatic carbocycles. The molecule has 1 amide bonds. The van der Waals surface area contributed by atoms with Gasteiger partial charge in [0.25, 0.3) is 0 Å². The topological polar surface area (TPSA) is 42.0 Å². The molecule has 0 fully saturated rings. The fourth-order valence-electron chi connectivity index (χ4n) is 3.91. The van der Waals surface area contributed by atoms with E-state index in [0.29, 0.717) is 13.1 Å². The van der Waals surface area contributed by atoms with Crippen molar-refractivity contribution in [2.75, 3.05) is 38.2 Å². The van der Waals surface area contributed by atoms with Crippen LogP contribution in [0.1, 0.15) is 50.8 Å². The molecule has 0 bridgehead atoms. The van der Waals surface area contributed by atoms with Crippen molar-refractivity contribution in [3.63, 3.8) is 0 Å². The van der Waals surface area contributed by atoms with Crippen LogP contribution in [0, 0.1) is 0 Å². The predicted octanol–water partition coefficient (Wildman–Crippen LogP) is 3.80. The summed E-state index contributed by atoms with van der Waals surface area (Å²) in [5.41, 5.74) is 4.94. The number of benzene rings is 1. The van der Waals surface area contributed by atoms with Gasteiger partial charge in [0.05, 0.1) is 12.2 Å². The summed E-state index contributed by atoms with van der Waals surface area (Å²) in [5, 5.41) is 0. The minimum Gasteiger partial charge on any atom is -0.490 e. The number of hydrogen-bond donors (Lipinski definition) is 0. The number of hydrogen-bond acceptors (Lipinski definition) is 4. The molecule has 26 heavy (non-hydrogen) atoms. The summed E-state index contributed by atoms with van der Waals surface area (Å²) in [6.07, 6.45) is 3.68. The number of ether oxygens (including phenoxy) is 2. The van der Waals surface area contributed by atoms with Crippen LogP contribution in [0.15, 0.2) is 6.07 Å². The third-order valence-electron chi connectivity index (χ3n) is 5.08. The Hall–Kier alpha value is -1.91. The molecule has 2 aliphatic rings. The molecule has 0 radical (unpaired) electrons. The van der Waals surface area contributed by atoms with Crippen molar-refractivity contribution in [1.29, 1.82) is 0 Å². The van der Waals surface area contributed by atoms with Gasteiger partial charge >= 0.3 is 6.09 Å². The molecule has 0 unspecified atom stereocenters.